The van der Waals surface area contributed by atoms with Crippen molar-refractivity contribution >= 4 is 12.4 Å². The molecule has 2 heterocycles. The maximum atomic E-state index is 6.00. The number of rotatable bonds is 5. The molecule has 6 nitrogen and oxygen atoms in total. The molecule has 1 aromatic heterocycles. The molecule has 0 aliphatic carbocycles. The summed E-state index contributed by atoms with van der Waals surface area (Å²) < 4.78 is 11.0. The van der Waals surface area contributed by atoms with Crippen LogP contribution in [0.4, 0.5) is 0 Å². The summed E-state index contributed by atoms with van der Waals surface area (Å²) in [5, 5.41) is 4.15. The van der Waals surface area contributed by atoms with E-state index in [2.05, 4.69) is 41.3 Å². The normalized spacial score (nSPS) is 16.8. The first-order valence-corrected chi connectivity index (χ1v) is 7.99. The minimum absolute atomic E-state index is 0. The predicted molar refractivity (Wildman–Crippen MR) is 95.2 cm³/mol. The van der Waals surface area contributed by atoms with Crippen LogP contribution in [-0.4, -0.2) is 48.9 Å². The number of ether oxygens (including phenoxy) is 1. The molecule has 3 rings (SSSR count). The number of halogens is 1. The van der Waals surface area contributed by atoms with Crippen LogP contribution in [0.25, 0.3) is 11.4 Å². The Morgan fingerprint density at radius 3 is 2.42 bits per heavy atom. The van der Waals surface area contributed by atoms with Crippen LogP contribution < -0.4 is 5.73 Å². The van der Waals surface area contributed by atoms with Crippen molar-refractivity contribution in [2.45, 2.75) is 24.8 Å². The standard InChI is InChI=1S/C17H24N4O2.ClH/c1-21(2)11-13-3-5-14(6-4-13)15-19-16(23-20-15)17(12-18)7-9-22-10-8-17;/h3-6H,7-12,18H2,1-2H3;1H. The van der Waals surface area contributed by atoms with Crippen LogP contribution in [0.2, 0.25) is 0 Å². The topological polar surface area (TPSA) is 77.4 Å². The molecule has 1 aromatic carbocycles. The Bertz CT molecular complexity index is 636. The van der Waals surface area contributed by atoms with Gasteiger partial charge in [0, 0.05) is 31.9 Å². The van der Waals surface area contributed by atoms with E-state index in [9.17, 15) is 0 Å². The molecule has 0 spiro atoms. The Labute approximate surface area is 148 Å². The summed E-state index contributed by atoms with van der Waals surface area (Å²) >= 11 is 0. The first-order valence-electron chi connectivity index (χ1n) is 7.99. The molecule has 1 fully saturated rings. The summed E-state index contributed by atoms with van der Waals surface area (Å²) in [6.45, 7) is 2.79. The van der Waals surface area contributed by atoms with Gasteiger partial charge in [0.15, 0.2) is 0 Å². The third-order valence-electron chi connectivity index (χ3n) is 4.43. The van der Waals surface area contributed by atoms with Crippen molar-refractivity contribution in [3.05, 3.63) is 35.7 Å². The highest BCUT2D eigenvalue weighted by molar-refractivity contribution is 5.85. The number of hydrogen-bond donors (Lipinski definition) is 1. The molecule has 0 radical (unpaired) electrons. The van der Waals surface area contributed by atoms with Gasteiger partial charge in [-0.05, 0) is 32.5 Å². The van der Waals surface area contributed by atoms with Crippen molar-refractivity contribution in [2.24, 2.45) is 5.73 Å². The van der Waals surface area contributed by atoms with Gasteiger partial charge in [0.25, 0.3) is 0 Å². The fourth-order valence-electron chi connectivity index (χ4n) is 2.95. The zero-order chi connectivity index (χ0) is 16.3. The predicted octanol–water partition coefficient (Wildman–Crippen LogP) is 2.23. The Kier molecular flexibility index (Phi) is 6.34. The smallest absolute Gasteiger partial charge is 0.234 e. The molecule has 24 heavy (non-hydrogen) atoms. The van der Waals surface area contributed by atoms with Crippen molar-refractivity contribution in [1.82, 2.24) is 15.0 Å². The van der Waals surface area contributed by atoms with Gasteiger partial charge in [-0.2, -0.15) is 4.98 Å². The van der Waals surface area contributed by atoms with Crippen molar-refractivity contribution in [3.63, 3.8) is 0 Å². The monoisotopic (exact) mass is 352 g/mol. The summed E-state index contributed by atoms with van der Waals surface area (Å²) in [5.41, 5.74) is 7.97. The van der Waals surface area contributed by atoms with Crippen molar-refractivity contribution < 1.29 is 9.26 Å². The van der Waals surface area contributed by atoms with Gasteiger partial charge in [-0.1, -0.05) is 29.4 Å². The minimum atomic E-state index is -0.242. The van der Waals surface area contributed by atoms with E-state index in [1.165, 1.54) is 5.56 Å². The number of nitrogens with zero attached hydrogens (tertiary/aromatic N) is 3. The maximum Gasteiger partial charge on any atom is 0.234 e. The largest absolute Gasteiger partial charge is 0.381 e. The lowest BCUT2D eigenvalue weighted by atomic mass is 9.80. The first kappa shape index (κ1) is 18.9. The molecular formula is C17H25ClN4O2. The fourth-order valence-corrected chi connectivity index (χ4v) is 2.95. The molecule has 1 aliphatic rings. The Morgan fingerprint density at radius 2 is 1.83 bits per heavy atom. The zero-order valence-corrected chi connectivity index (χ0v) is 15.0. The van der Waals surface area contributed by atoms with E-state index in [1.807, 2.05) is 12.1 Å². The summed E-state index contributed by atoms with van der Waals surface area (Å²) in [6.07, 6.45) is 1.65. The number of benzene rings is 1. The molecule has 0 bridgehead atoms. The van der Waals surface area contributed by atoms with Gasteiger partial charge in [0.2, 0.25) is 11.7 Å². The molecule has 0 unspecified atom stereocenters. The van der Waals surface area contributed by atoms with Gasteiger partial charge in [-0.25, -0.2) is 0 Å². The third-order valence-corrected chi connectivity index (χ3v) is 4.43. The van der Waals surface area contributed by atoms with E-state index in [4.69, 9.17) is 15.0 Å². The second-order valence-corrected chi connectivity index (χ2v) is 6.45. The molecule has 2 N–H and O–H groups in total. The highest BCUT2D eigenvalue weighted by Crippen LogP contribution is 2.33. The molecule has 1 saturated heterocycles. The van der Waals surface area contributed by atoms with Crippen LogP contribution in [0.5, 0.6) is 0 Å². The van der Waals surface area contributed by atoms with Crippen LogP contribution in [0.15, 0.2) is 28.8 Å². The van der Waals surface area contributed by atoms with E-state index in [0.29, 0.717) is 31.5 Å². The van der Waals surface area contributed by atoms with Gasteiger partial charge in [-0.15, -0.1) is 12.4 Å². The summed E-state index contributed by atoms with van der Waals surface area (Å²) in [4.78, 5) is 6.75. The molecule has 7 heteroatoms. The highest BCUT2D eigenvalue weighted by atomic mass is 35.5. The van der Waals surface area contributed by atoms with E-state index >= 15 is 0 Å². The molecule has 1 aliphatic heterocycles. The van der Waals surface area contributed by atoms with Gasteiger partial charge >= 0.3 is 0 Å². The Morgan fingerprint density at radius 1 is 1.17 bits per heavy atom. The molecular weight excluding hydrogens is 328 g/mol. The van der Waals surface area contributed by atoms with Crippen molar-refractivity contribution in [2.75, 3.05) is 33.9 Å². The second-order valence-electron chi connectivity index (χ2n) is 6.45. The van der Waals surface area contributed by atoms with Crippen LogP contribution in [0.1, 0.15) is 24.3 Å². The molecule has 0 amide bonds. The van der Waals surface area contributed by atoms with Crippen LogP contribution >= 0.6 is 12.4 Å². The zero-order valence-electron chi connectivity index (χ0n) is 14.2. The highest BCUT2D eigenvalue weighted by Gasteiger charge is 2.38. The minimum Gasteiger partial charge on any atom is -0.381 e. The average Bonchev–Trinajstić information content (AvgIpc) is 3.06. The summed E-state index contributed by atoms with van der Waals surface area (Å²) in [7, 11) is 4.11. The van der Waals surface area contributed by atoms with Gasteiger partial charge in [0.1, 0.15) is 0 Å². The Hall–Kier alpha value is -1.47. The molecule has 0 atom stereocenters. The summed E-state index contributed by atoms with van der Waals surface area (Å²) in [6, 6.07) is 8.26. The quantitative estimate of drug-likeness (QED) is 0.889. The number of nitrogens with two attached hydrogens (primary N) is 1. The van der Waals surface area contributed by atoms with Gasteiger partial charge in [0.05, 0.1) is 5.41 Å². The van der Waals surface area contributed by atoms with E-state index in [0.717, 1.165) is 24.9 Å². The lowest BCUT2D eigenvalue weighted by Gasteiger charge is -2.32. The van der Waals surface area contributed by atoms with E-state index in [1.54, 1.807) is 0 Å². The first-order chi connectivity index (χ1) is 11.1. The summed E-state index contributed by atoms with van der Waals surface area (Å²) in [5.74, 6) is 1.26. The molecule has 132 valence electrons. The Balaban J connectivity index is 0.00000208. The number of hydrogen-bond acceptors (Lipinski definition) is 6. The van der Waals surface area contributed by atoms with Crippen LogP contribution in [0.3, 0.4) is 0 Å². The van der Waals surface area contributed by atoms with Crippen molar-refractivity contribution in [3.8, 4) is 11.4 Å². The van der Waals surface area contributed by atoms with Crippen LogP contribution in [-0.2, 0) is 16.7 Å². The fraction of sp³-hybridized carbons (Fsp3) is 0.529. The van der Waals surface area contributed by atoms with Crippen LogP contribution in [0, 0.1) is 0 Å². The average molecular weight is 353 g/mol. The van der Waals surface area contributed by atoms with Gasteiger partial charge < -0.3 is 19.9 Å². The molecule has 0 saturated carbocycles. The van der Waals surface area contributed by atoms with E-state index < -0.39 is 0 Å². The second kappa shape index (κ2) is 8.07. The van der Waals surface area contributed by atoms with E-state index in [-0.39, 0.29) is 17.8 Å². The third kappa shape index (κ3) is 3.95. The SMILES string of the molecule is CN(C)Cc1ccc(-c2noc(C3(CN)CCOCC3)n2)cc1.Cl. The lowest BCUT2D eigenvalue weighted by molar-refractivity contribution is 0.0409. The molecule has 2 aromatic rings. The van der Waals surface area contributed by atoms with Gasteiger partial charge in [-0.3, -0.25) is 0 Å². The van der Waals surface area contributed by atoms with Crippen molar-refractivity contribution in [1.29, 1.82) is 0 Å². The number of aromatic nitrogens is 2. The maximum absolute atomic E-state index is 6.00. The lowest BCUT2D eigenvalue weighted by Crippen LogP contribution is -2.40.